The minimum Gasteiger partial charge on any atom is -0.293 e. The van der Waals surface area contributed by atoms with Gasteiger partial charge < -0.3 is 0 Å². The maximum absolute atomic E-state index is 12.9. The third-order valence-electron chi connectivity index (χ3n) is 3.47. The normalized spacial score (nSPS) is 17.7. The molecule has 0 bridgehead atoms. The molecule has 96 valence electrons. The number of rotatable bonds is 1. The van der Waals surface area contributed by atoms with Crippen LogP contribution in [0.2, 0.25) is 0 Å². The average molecular weight is 255 g/mol. The number of alkyl halides is 3. The Morgan fingerprint density at radius 3 is 2.61 bits per heavy atom. The van der Waals surface area contributed by atoms with Crippen molar-refractivity contribution in [2.45, 2.75) is 37.8 Å². The van der Waals surface area contributed by atoms with Crippen LogP contribution in [0.25, 0.3) is 5.52 Å². The van der Waals surface area contributed by atoms with Crippen molar-refractivity contribution in [2.24, 2.45) is 0 Å². The molecule has 2 aromatic heterocycles. The lowest BCUT2D eigenvalue weighted by Gasteiger charge is -2.04. The number of fused-ring (bicyclic) bond motifs is 1. The average Bonchev–Trinajstić information content (AvgIpc) is 2.94. The van der Waals surface area contributed by atoms with E-state index in [4.69, 9.17) is 0 Å². The van der Waals surface area contributed by atoms with E-state index < -0.39 is 12.0 Å². The highest BCUT2D eigenvalue weighted by Crippen LogP contribution is 2.38. The second kappa shape index (κ2) is 3.96. The fourth-order valence-electron chi connectivity index (χ4n) is 2.66. The van der Waals surface area contributed by atoms with Crippen LogP contribution in [-0.2, 0) is 6.18 Å². The number of aromatic nitrogens is 3. The second-order valence-electron chi connectivity index (χ2n) is 4.63. The van der Waals surface area contributed by atoms with Crippen molar-refractivity contribution in [3.8, 4) is 0 Å². The summed E-state index contributed by atoms with van der Waals surface area (Å²) in [5, 5.41) is 0. The van der Waals surface area contributed by atoms with Gasteiger partial charge in [0, 0.05) is 18.3 Å². The molecule has 0 aliphatic heterocycles. The Morgan fingerprint density at radius 1 is 1.22 bits per heavy atom. The van der Waals surface area contributed by atoms with Crippen LogP contribution in [0, 0.1) is 0 Å². The van der Waals surface area contributed by atoms with Gasteiger partial charge in [0.15, 0.2) is 0 Å². The van der Waals surface area contributed by atoms with Crippen LogP contribution >= 0.6 is 0 Å². The molecule has 3 nitrogen and oxygen atoms in total. The first-order chi connectivity index (χ1) is 8.57. The van der Waals surface area contributed by atoms with Crippen molar-refractivity contribution in [3.05, 3.63) is 30.1 Å². The molecule has 0 unspecified atom stereocenters. The zero-order chi connectivity index (χ0) is 12.8. The predicted molar refractivity (Wildman–Crippen MR) is 59.2 cm³/mol. The van der Waals surface area contributed by atoms with E-state index in [9.17, 15) is 13.2 Å². The number of hydrogen-bond donors (Lipinski definition) is 0. The Hall–Kier alpha value is -1.59. The van der Waals surface area contributed by atoms with Crippen LogP contribution < -0.4 is 0 Å². The van der Waals surface area contributed by atoms with Gasteiger partial charge in [-0.05, 0) is 12.8 Å². The van der Waals surface area contributed by atoms with E-state index in [1.165, 1.54) is 18.6 Å². The number of nitrogens with zero attached hydrogens (tertiary/aromatic N) is 3. The van der Waals surface area contributed by atoms with Gasteiger partial charge >= 0.3 is 6.18 Å². The summed E-state index contributed by atoms with van der Waals surface area (Å²) in [7, 11) is 0. The molecule has 2 aromatic rings. The zero-order valence-electron chi connectivity index (χ0n) is 9.61. The largest absolute Gasteiger partial charge is 0.450 e. The van der Waals surface area contributed by atoms with E-state index in [1.807, 2.05) is 0 Å². The lowest BCUT2D eigenvalue weighted by atomic mass is 10.0. The maximum atomic E-state index is 12.9. The van der Waals surface area contributed by atoms with Crippen LogP contribution in [0.1, 0.15) is 43.1 Å². The van der Waals surface area contributed by atoms with E-state index in [0.29, 0.717) is 11.2 Å². The van der Waals surface area contributed by atoms with Crippen LogP contribution in [0.4, 0.5) is 13.2 Å². The maximum Gasteiger partial charge on any atom is 0.450 e. The van der Waals surface area contributed by atoms with Crippen LogP contribution in [0.3, 0.4) is 0 Å². The van der Waals surface area contributed by atoms with Gasteiger partial charge in [0.2, 0.25) is 5.82 Å². The summed E-state index contributed by atoms with van der Waals surface area (Å²) in [5.74, 6) is -0.706. The molecule has 0 amide bonds. The topological polar surface area (TPSA) is 30.2 Å². The van der Waals surface area contributed by atoms with E-state index >= 15 is 0 Å². The Labute approximate surface area is 102 Å². The van der Waals surface area contributed by atoms with Crippen molar-refractivity contribution < 1.29 is 13.2 Å². The third-order valence-corrected chi connectivity index (χ3v) is 3.47. The first kappa shape index (κ1) is 11.5. The van der Waals surface area contributed by atoms with Gasteiger partial charge in [-0.1, -0.05) is 12.8 Å². The summed E-state index contributed by atoms with van der Waals surface area (Å²) in [6, 6.07) is 0. The van der Waals surface area contributed by atoms with Crippen molar-refractivity contribution in [2.75, 3.05) is 0 Å². The molecule has 0 aromatic carbocycles. The number of halogens is 3. The molecular weight excluding hydrogens is 243 g/mol. The standard InChI is InChI=1S/C12H12F3N3/c13-12(14,15)11-17-10(8-3-1-2-4-8)9-7-16-5-6-18(9)11/h5-8H,1-4H2. The Kier molecular flexibility index (Phi) is 2.53. The van der Waals surface area contributed by atoms with Gasteiger partial charge in [0.25, 0.3) is 0 Å². The first-order valence-electron chi connectivity index (χ1n) is 5.96. The molecule has 6 heteroatoms. The van der Waals surface area contributed by atoms with Crippen LogP contribution in [-0.4, -0.2) is 14.4 Å². The Balaban J connectivity index is 2.20. The van der Waals surface area contributed by atoms with Crippen molar-refractivity contribution in [3.63, 3.8) is 0 Å². The van der Waals surface area contributed by atoms with Crippen LogP contribution in [0.15, 0.2) is 18.6 Å². The molecule has 2 heterocycles. The molecule has 1 fully saturated rings. The van der Waals surface area contributed by atoms with Crippen molar-refractivity contribution >= 4 is 5.52 Å². The smallest absolute Gasteiger partial charge is 0.293 e. The minimum absolute atomic E-state index is 0.139. The number of imidazole rings is 1. The first-order valence-corrected chi connectivity index (χ1v) is 5.96. The summed E-state index contributed by atoms with van der Waals surface area (Å²) in [6.07, 6.45) is 3.66. The quantitative estimate of drug-likeness (QED) is 0.781. The van der Waals surface area contributed by atoms with E-state index in [1.54, 1.807) is 0 Å². The zero-order valence-corrected chi connectivity index (χ0v) is 9.61. The molecule has 3 rings (SSSR count). The highest BCUT2D eigenvalue weighted by molar-refractivity contribution is 5.53. The summed E-state index contributed by atoms with van der Waals surface area (Å²) in [5.41, 5.74) is 1.03. The summed E-state index contributed by atoms with van der Waals surface area (Å²) in [4.78, 5) is 7.75. The molecule has 0 radical (unpaired) electrons. The SMILES string of the molecule is FC(F)(F)c1nc(C2CCCC2)c2cnccn12. The van der Waals surface area contributed by atoms with E-state index in [0.717, 1.165) is 30.1 Å². The van der Waals surface area contributed by atoms with Gasteiger partial charge in [0.05, 0.1) is 17.4 Å². The van der Waals surface area contributed by atoms with Gasteiger partial charge in [-0.3, -0.25) is 9.38 Å². The van der Waals surface area contributed by atoms with Crippen LogP contribution in [0.5, 0.6) is 0 Å². The van der Waals surface area contributed by atoms with Crippen molar-refractivity contribution in [1.82, 2.24) is 14.4 Å². The Bertz CT molecular complexity index is 567. The third kappa shape index (κ3) is 1.76. The predicted octanol–water partition coefficient (Wildman–Crippen LogP) is 3.41. The minimum atomic E-state index is -4.43. The highest BCUT2D eigenvalue weighted by Gasteiger charge is 2.38. The van der Waals surface area contributed by atoms with E-state index in [-0.39, 0.29) is 5.92 Å². The summed E-state index contributed by atoms with van der Waals surface area (Å²) < 4.78 is 39.8. The fourth-order valence-corrected chi connectivity index (χ4v) is 2.66. The van der Waals surface area contributed by atoms with Gasteiger partial charge in [-0.15, -0.1) is 0 Å². The molecule has 18 heavy (non-hydrogen) atoms. The lowest BCUT2D eigenvalue weighted by molar-refractivity contribution is -0.145. The summed E-state index contributed by atoms with van der Waals surface area (Å²) >= 11 is 0. The highest BCUT2D eigenvalue weighted by atomic mass is 19.4. The molecule has 1 aliphatic carbocycles. The lowest BCUT2D eigenvalue weighted by Crippen LogP contribution is -2.10. The number of hydrogen-bond acceptors (Lipinski definition) is 2. The molecule has 0 atom stereocenters. The second-order valence-corrected chi connectivity index (χ2v) is 4.63. The monoisotopic (exact) mass is 255 g/mol. The molecular formula is C12H12F3N3. The molecule has 0 spiro atoms. The molecule has 1 aliphatic rings. The molecule has 0 saturated heterocycles. The van der Waals surface area contributed by atoms with Gasteiger partial charge in [-0.2, -0.15) is 13.2 Å². The Morgan fingerprint density at radius 2 is 1.94 bits per heavy atom. The summed E-state index contributed by atoms with van der Waals surface area (Å²) in [6.45, 7) is 0. The van der Waals surface area contributed by atoms with Crippen molar-refractivity contribution in [1.29, 1.82) is 0 Å². The fraction of sp³-hybridized carbons (Fsp3) is 0.500. The molecule has 0 N–H and O–H groups in total. The molecule has 1 saturated carbocycles. The van der Waals surface area contributed by atoms with Gasteiger partial charge in [-0.25, -0.2) is 4.98 Å². The van der Waals surface area contributed by atoms with Gasteiger partial charge in [0.1, 0.15) is 0 Å². The van der Waals surface area contributed by atoms with E-state index in [2.05, 4.69) is 9.97 Å².